The number of aromatic nitrogens is 1. The lowest BCUT2D eigenvalue weighted by molar-refractivity contribution is -0.391. The summed E-state index contributed by atoms with van der Waals surface area (Å²) in [6, 6.07) is 2.46. The third kappa shape index (κ3) is 1.02. The molecular weight excluding hydrogens is 136 g/mol. The summed E-state index contributed by atoms with van der Waals surface area (Å²) in [5.41, 5.74) is 0. The maximum Gasteiger partial charge on any atom is 0.411 e. The van der Waals surface area contributed by atoms with Gasteiger partial charge in [0.25, 0.3) is 5.75 Å². The minimum Gasteiger partial charge on any atom is -0.358 e. The van der Waals surface area contributed by atoms with Gasteiger partial charge >= 0.3 is 5.82 Å². The van der Waals surface area contributed by atoms with Crippen molar-refractivity contribution in [3.05, 3.63) is 28.4 Å². The second kappa shape index (κ2) is 2.30. The minimum atomic E-state index is -0.803. The predicted molar refractivity (Wildman–Crippen MR) is 31.0 cm³/mol. The van der Waals surface area contributed by atoms with E-state index < -0.39 is 16.5 Å². The molecule has 0 unspecified atom stereocenters. The standard InChI is InChI=1S/C5H3N2O3/c8-4-2-1-3-6-5(4)7(9)10/h1-3H. The monoisotopic (exact) mass is 139 g/mol. The van der Waals surface area contributed by atoms with E-state index in [0.29, 0.717) is 0 Å². The van der Waals surface area contributed by atoms with Crippen LogP contribution in [0.3, 0.4) is 0 Å². The van der Waals surface area contributed by atoms with Gasteiger partial charge in [0.05, 0.1) is 0 Å². The summed E-state index contributed by atoms with van der Waals surface area (Å²) >= 11 is 0. The van der Waals surface area contributed by atoms with Crippen molar-refractivity contribution in [2.45, 2.75) is 0 Å². The molecule has 1 heterocycles. The lowest BCUT2D eigenvalue weighted by atomic mass is 10.4. The average molecular weight is 139 g/mol. The largest absolute Gasteiger partial charge is 0.411 e. The van der Waals surface area contributed by atoms with Gasteiger partial charge in [-0.05, 0) is 22.0 Å². The molecule has 5 nitrogen and oxygen atoms in total. The van der Waals surface area contributed by atoms with Crippen LogP contribution in [0.5, 0.6) is 5.75 Å². The van der Waals surface area contributed by atoms with Crippen molar-refractivity contribution in [2.24, 2.45) is 0 Å². The van der Waals surface area contributed by atoms with Crippen LogP contribution in [-0.2, 0) is 5.11 Å². The molecule has 0 aliphatic carbocycles. The SMILES string of the molecule is [O]c1cccnc1[N+](=O)[O-]. The highest BCUT2D eigenvalue weighted by Gasteiger charge is 2.13. The van der Waals surface area contributed by atoms with Crippen LogP contribution in [0.15, 0.2) is 18.3 Å². The first-order valence-corrected chi connectivity index (χ1v) is 2.48. The molecule has 10 heavy (non-hydrogen) atoms. The molecule has 0 amide bonds. The lowest BCUT2D eigenvalue weighted by Gasteiger charge is -1.89. The fourth-order valence-corrected chi connectivity index (χ4v) is 0.519. The summed E-state index contributed by atoms with van der Waals surface area (Å²) in [7, 11) is 0. The van der Waals surface area contributed by atoms with E-state index in [4.69, 9.17) is 0 Å². The second-order valence-corrected chi connectivity index (χ2v) is 1.58. The number of nitro groups is 1. The number of hydrogen-bond donors (Lipinski definition) is 0. The molecule has 1 radical (unpaired) electrons. The van der Waals surface area contributed by atoms with E-state index in [1.807, 2.05) is 0 Å². The molecule has 0 spiro atoms. The van der Waals surface area contributed by atoms with Crippen molar-refractivity contribution in [1.29, 1.82) is 0 Å². The Morgan fingerprint density at radius 1 is 1.60 bits per heavy atom. The first-order chi connectivity index (χ1) is 4.72. The zero-order valence-electron chi connectivity index (χ0n) is 4.85. The van der Waals surface area contributed by atoms with E-state index in [0.717, 1.165) is 6.07 Å². The van der Waals surface area contributed by atoms with E-state index in [2.05, 4.69) is 4.98 Å². The summed E-state index contributed by atoms with van der Waals surface area (Å²) in [6.45, 7) is 0. The Bertz CT molecular complexity index is 261. The van der Waals surface area contributed by atoms with Crippen LogP contribution in [0.25, 0.3) is 0 Å². The molecule has 1 aromatic rings. The van der Waals surface area contributed by atoms with Gasteiger partial charge in [-0.1, -0.05) is 0 Å². The Kier molecular flexibility index (Phi) is 1.49. The first-order valence-electron chi connectivity index (χ1n) is 2.48. The van der Waals surface area contributed by atoms with Gasteiger partial charge in [-0.2, -0.15) is 0 Å². The summed E-state index contributed by atoms with van der Waals surface area (Å²) in [4.78, 5) is 12.4. The summed E-state index contributed by atoms with van der Waals surface area (Å²) in [5, 5.41) is 20.5. The molecule has 0 aliphatic heterocycles. The van der Waals surface area contributed by atoms with Crippen LogP contribution >= 0.6 is 0 Å². The van der Waals surface area contributed by atoms with Gasteiger partial charge in [-0.15, -0.1) is 0 Å². The number of pyridine rings is 1. The zero-order valence-corrected chi connectivity index (χ0v) is 4.85. The van der Waals surface area contributed by atoms with E-state index >= 15 is 0 Å². The Morgan fingerprint density at radius 3 is 2.70 bits per heavy atom. The summed E-state index contributed by atoms with van der Waals surface area (Å²) < 4.78 is 0. The maximum atomic E-state index is 10.6. The molecule has 0 aromatic carbocycles. The smallest absolute Gasteiger partial charge is 0.358 e. The lowest BCUT2D eigenvalue weighted by Crippen LogP contribution is -1.90. The Balaban J connectivity index is 3.15. The fourth-order valence-electron chi connectivity index (χ4n) is 0.519. The second-order valence-electron chi connectivity index (χ2n) is 1.58. The molecule has 0 atom stereocenters. The number of nitrogens with zero attached hydrogens (tertiary/aromatic N) is 2. The van der Waals surface area contributed by atoms with Crippen LogP contribution < -0.4 is 0 Å². The van der Waals surface area contributed by atoms with Gasteiger partial charge in [0.15, 0.2) is 0 Å². The van der Waals surface area contributed by atoms with Gasteiger partial charge in [-0.3, -0.25) is 5.11 Å². The normalized spacial score (nSPS) is 9.20. The summed E-state index contributed by atoms with van der Waals surface area (Å²) in [5.74, 6) is -1.28. The highest BCUT2D eigenvalue weighted by molar-refractivity contribution is 5.36. The third-order valence-electron chi connectivity index (χ3n) is 0.924. The van der Waals surface area contributed by atoms with E-state index in [9.17, 15) is 15.2 Å². The van der Waals surface area contributed by atoms with Gasteiger partial charge in [-0.25, -0.2) is 0 Å². The van der Waals surface area contributed by atoms with Crippen molar-refractivity contribution in [3.8, 4) is 5.75 Å². The first kappa shape index (κ1) is 6.47. The van der Waals surface area contributed by atoms with Crippen molar-refractivity contribution in [1.82, 2.24) is 4.98 Å². The maximum absolute atomic E-state index is 10.6. The van der Waals surface area contributed by atoms with Gasteiger partial charge in [0.2, 0.25) is 0 Å². The highest BCUT2D eigenvalue weighted by atomic mass is 16.6. The Labute approximate surface area is 56.1 Å². The van der Waals surface area contributed by atoms with Crippen molar-refractivity contribution in [2.75, 3.05) is 0 Å². The van der Waals surface area contributed by atoms with Crippen LogP contribution in [0, 0.1) is 10.1 Å². The van der Waals surface area contributed by atoms with Crippen LogP contribution in [0.1, 0.15) is 0 Å². The minimum absolute atomic E-state index is 0.623. The molecule has 0 aliphatic rings. The quantitative estimate of drug-likeness (QED) is 0.432. The third-order valence-corrected chi connectivity index (χ3v) is 0.924. The number of rotatable bonds is 1. The van der Waals surface area contributed by atoms with E-state index in [1.54, 1.807) is 0 Å². The van der Waals surface area contributed by atoms with E-state index in [-0.39, 0.29) is 0 Å². The summed E-state index contributed by atoms with van der Waals surface area (Å²) in [6.07, 6.45) is 1.21. The van der Waals surface area contributed by atoms with Crippen LogP contribution in [0.4, 0.5) is 5.82 Å². The van der Waals surface area contributed by atoms with Gasteiger partial charge in [0.1, 0.15) is 6.20 Å². The van der Waals surface area contributed by atoms with Crippen molar-refractivity contribution in [3.63, 3.8) is 0 Å². The molecule has 1 rings (SSSR count). The molecule has 51 valence electrons. The zero-order chi connectivity index (χ0) is 7.56. The fraction of sp³-hybridized carbons (Fsp3) is 0. The number of hydrogen-bond acceptors (Lipinski definition) is 3. The molecule has 0 saturated carbocycles. The van der Waals surface area contributed by atoms with Crippen molar-refractivity contribution < 1.29 is 10.0 Å². The molecular formula is C5H3N2O3. The van der Waals surface area contributed by atoms with Gasteiger partial charge in [0, 0.05) is 0 Å². The van der Waals surface area contributed by atoms with Gasteiger partial charge < -0.3 is 10.1 Å². The molecule has 0 fully saturated rings. The molecule has 0 saturated heterocycles. The Morgan fingerprint density at radius 2 is 2.30 bits per heavy atom. The topological polar surface area (TPSA) is 75.9 Å². The van der Waals surface area contributed by atoms with Crippen LogP contribution in [-0.4, -0.2) is 9.91 Å². The van der Waals surface area contributed by atoms with E-state index in [1.165, 1.54) is 12.3 Å². The Hall–Kier alpha value is -1.65. The predicted octanol–water partition coefficient (Wildman–Crippen LogP) is 1.13. The average Bonchev–Trinajstić information content (AvgIpc) is 1.88. The molecule has 0 bridgehead atoms. The van der Waals surface area contributed by atoms with Crippen molar-refractivity contribution >= 4 is 5.82 Å². The molecule has 0 N–H and O–H groups in total. The molecule has 5 heteroatoms. The van der Waals surface area contributed by atoms with Crippen LogP contribution in [0.2, 0.25) is 0 Å². The molecule has 1 aromatic heterocycles. The highest BCUT2D eigenvalue weighted by Crippen LogP contribution is 2.20.